The van der Waals surface area contributed by atoms with Gasteiger partial charge in [0.05, 0.1) is 0 Å². The highest BCUT2D eigenvalue weighted by atomic mass is 16.1. The van der Waals surface area contributed by atoms with Crippen LogP contribution in [0.4, 0.5) is 0 Å². The van der Waals surface area contributed by atoms with Crippen LogP contribution in [-0.2, 0) is 6.42 Å². The van der Waals surface area contributed by atoms with Crippen LogP contribution >= 0.6 is 0 Å². The number of ketones is 1. The van der Waals surface area contributed by atoms with Crippen LogP contribution in [0.5, 0.6) is 0 Å². The number of nitrogens with zero attached hydrogens (tertiary/aromatic N) is 2. The minimum absolute atomic E-state index is 0.0298. The molecule has 0 unspecified atom stereocenters. The standard InChI is InChI=1S/C17H17N3O/c1-11(2)8-13-6-5-12(9-19-13)16(21)15-10-20-17-14(15)4-3-7-18-17/h3-7,9-11H,8H2,1-2H3,(H,18,20). The molecule has 0 spiro atoms. The highest BCUT2D eigenvalue weighted by Gasteiger charge is 2.14. The third-order valence-electron chi connectivity index (χ3n) is 3.40. The summed E-state index contributed by atoms with van der Waals surface area (Å²) in [6.07, 6.45) is 6.00. The first-order chi connectivity index (χ1) is 10.1. The summed E-state index contributed by atoms with van der Waals surface area (Å²) in [5, 5.41) is 0.841. The molecule has 1 N–H and O–H groups in total. The molecule has 0 aromatic carbocycles. The normalized spacial score (nSPS) is 11.2. The van der Waals surface area contributed by atoms with Crippen molar-refractivity contribution in [1.29, 1.82) is 0 Å². The molecule has 106 valence electrons. The van der Waals surface area contributed by atoms with Crippen LogP contribution < -0.4 is 0 Å². The number of nitrogens with one attached hydrogen (secondary N) is 1. The number of carbonyl (C=O) groups is 1. The molecule has 0 aliphatic heterocycles. The second kappa shape index (κ2) is 5.48. The summed E-state index contributed by atoms with van der Waals surface area (Å²) in [4.78, 5) is 24.2. The quantitative estimate of drug-likeness (QED) is 0.745. The molecule has 0 aliphatic rings. The van der Waals surface area contributed by atoms with Gasteiger partial charge in [0.15, 0.2) is 5.78 Å². The number of aromatic nitrogens is 3. The van der Waals surface area contributed by atoms with Crippen LogP contribution in [0.25, 0.3) is 11.0 Å². The molecule has 0 fully saturated rings. The number of H-pyrrole nitrogens is 1. The molecule has 0 saturated heterocycles. The predicted octanol–water partition coefficient (Wildman–Crippen LogP) is 3.39. The number of rotatable bonds is 4. The summed E-state index contributed by atoms with van der Waals surface area (Å²) in [6, 6.07) is 7.51. The maximum absolute atomic E-state index is 12.6. The number of aromatic amines is 1. The molecule has 4 heteroatoms. The lowest BCUT2D eigenvalue weighted by atomic mass is 10.0. The van der Waals surface area contributed by atoms with E-state index in [0.29, 0.717) is 17.0 Å². The molecule has 3 rings (SSSR count). The second-order valence-electron chi connectivity index (χ2n) is 5.57. The first kappa shape index (κ1) is 13.5. The van der Waals surface area contributed by atoms with Gasteiger partial charge in [-0.3, -0.25) is 9.78 Å². The maximum atomic E-state index is 12.6. The topological polar surface area (TPSA) is 58.6 Å². The summed E-state index contributed by atoms with van der Waals surface area (Å²) in [5.41, 5.74) is 2.98. The van der Waals surface area contributed by atoms with Gasteiger partial charge in [-0.25, -0.2) is 4.98 Å². The highest BCUT2D eigenvalue weighted by molar-refractivity contribution is 6.15. The van der Waals surface area contributed by atoms with Crippen molar-refractivity contribution in [1.82, 2.24) is 15.0 Å². The molecule has 0 saturated carbocycles. The fourth-order valence-corrected chi connectivity index (χ4v) is 2.40. The summed E-state index contributed by atoms with van der Waals surface area (Å²) in [5.74, 6) is 0.525. The van der Waals surface area contributed by atoms with Gasteiger partial charge in [0.1, 0.15) is 5.65 Å². The van der Waals surface area contributed by atoms with Crippen LogP contribution in [0.3, 0.4) is 0 Å². The van der Waals surface area contributed by atoms with E-state index >= 15 is 0 Å². The van der Waals surface area contributed by atoms with Crippen molar-refractivity contribution in [3.63, 3.8) is 0 Å². The van der Waals surface area contributed by atoms with Gasteiger partial charge < -0.3 is 4.98 Å². The van der Waals surface area contributed by atoms with Crippen LogP contribution in [0.15, 0.2) is 42.9 Å². The third kappa shape index (κ3) is 2.70. The average molecular weight is 279 g/mol. The molecule has 4 nitrogen and oxygen atoms in total. The number of fused-ring (bicyclic) bond motifs is 1. The first-order valence-electron chi connectivity index (χ1n) is 7.07. The van der Waals surface area contributed by atoms with Crippen molar-refractivity contribution in [2.45, 2.75) is 20.3 Å². The van der Waals surface area contributed by atoms with E-state index in [2.05, 4.69) is 28.8 Å². The van der Waals surface area contributed by atoms with Gasteiger partial charge in [-0.2, -0.15) is 0 Å². The molecule has 21 heavy (non-hydrogen) atoms. The van der Waals surface area contributed by atoms with Gasteiger partial charge in [-0.05, 0) is 36.6 Å². The fraction of sp³-hybridized carbons (Fsp3) is 0.235. The van der Waals surface area contributed by atoms with Crippen molar-refractivity contribution in [2.75, 3.05) is 0 Å². The van der Waals surface area contributed by atoms with Crippen LogP contribution in [-0.4, -0.2) is 20.7 Å². The zero-order chi connectivity index (χ0) is 14.8. The zero-order valence-corrected chi connectivity index (χ0v) is 12.1. The van der Waals surface area contributed by atoms with E-state index in [-0.39, 0.29) is 5.78 Å². The Balaban J connectivity index is 1.91. The molecule has 3 aromatic rings. The smallest absolute Gasteiger partial charge is 0.196 e. The van der Waals surface area contributed by atoms with E-state index < -0.39 is 0 Å². The van der Waals surface area contributed by atoms with Crippen molar-refractivity contribution < 1.29 is 4.79 Å². The van der Waals surface area contributed by atoms with E-state index in [9.17, 15) is 4.79 Å². The Hall–Kier alpha value is -2.49. The van der Waals surface area contributed by atoms with E-state index in [1.165, 1.54) is 0 Å². The Bertz CT molecular complexity index is 772. The van der Waals surface area contributed by atoms with Gasteiger partial charge in [-0.1, -0.05) is 13.8 Å². The summed E-state index contributed by atoms with van der Waals surface area (Å²) >= 11 is 0. The summed E-state index contributed by atoms with van der Waals surface area (Å²) < 4.78 is 0. The summed E-state index contributed by atoms with van der Waals surface area (Å²) in [7, 11) is 0. The highest BCUT2D eigenvalue weighted by Crippen LogP contribution is 2.19. The van der Waals surface area contributed by atoms with Crippen LogP contribution in [0.1, 0.15) is 35.5 Å². The van der Waals surface area contributed by atoms with Crippen molar-refractivity contribution in [2.24, 2.45) is 5.92 Å². The largest absolute Gasteiger partial charge is 0.345 e. The van der Waals surface area contributed by atoms with Crippen LogP contribution in [0.2, 0.25) is 0 Å². The van der Waals surface area contributed by atoms with E-state index in [1.807, 2.05) is 24.3 Å². The summed E-state index contributed by atoms with van der Waals surface area (Å²) in [6.45, 7) is 4.30. The lowest BCUT2D eigenvalue weighted by molar-refractivity contribution is 0.104. The third-order valence-corrected chi connectivity index (χ3v) is 3.40. The number of pyridine rings is 2. The Kier molecular flexibility index (Phi) is 3.52. The van der Waals surface area contributed by atoms with Gasteiger partial charge in [0.25, 0.3) is 0 Å². The zero-order valence-electron chi connectivity index (χ0n) is 12.1. The molecule has 3 heterocycles. The Morgan fingerprint density at radius 1 is 1.24 bits per heavy atom. The SMILES string of the molecule is CC(C)Cc1ccc(C(=O)c2c[nH]c3ncccc23)cn1. The minimum atomic E-state index is -0.0298. The van der Waals surface area contributed by atoms with Gasteiger partial charge in [0, 0.05) is 40.8 Å². The maximum Gasteiger partial charge on any atom is 0.196 e. The molecular weight excluding hydrogens is 262 g/mol. The molecular formula is C17H17N3O. The number of hydrogen-bond acceptors (Lipinski definition) is 3. The van der Waals surface area contributed by atoms with E-state index in [0.717, 1.165) is 23.1 Å². The molecule has 3 aromatic heterocycles. The monoisotopic (exact) mass is 279 g/mol. The molecule has 0 amide bonds. The molecule has 0 atom stereocenters. The van der Waals surface area contributed by atoms with Gasteiger partial charge in [-0.15, -0.1) is 0 Å². The predicted molar refractivity (Wildman–Crippen MR) is 82.3 cm³/mol. The molecule has 0 radical (unpaired) electrons. The van der Waals surface area contributed by atoms with Crippen molar-refractivity contribution in [3.8, 4) is 0 Å². The molecule has 0 aliphatic carbocycles. The Morgan fingerprint density at radius 2 is 2.10 bits per heavy atom. The van der Waals surface area contributed by atoms with Gasteiger partial charge >= 0.3 is 0 Å². The first-order valence-corrected chi connectivity index (χ1v) is 7.07. The fourth-order valence-electron chi connectivity index (χ4n) is 2.40. The van der Waals surface area contributed by atoms with Crippen LogP contribution in [0, 0.1) is 5.92 Å². The van der Waals surface area contributed by atoms with Gasteiger partial charge in [0.2, 0.25) is 0 Å². The van der Waals surface area contributed by atoms with E-state index in [4.69, 9.17) is 0 Å². The average Bonchev–Trinajstić information content (AvgIpc) is 2.90. The second-order valence-corrected chi connectivity index (χ2v) is 5.57. The number of hydrogen-bond donors (Lipinski definition) is 1. The van der Waals surface area contributed by atoms with Crippen molar-refractivity contribution in [3.05, 3.63) is 59.7 Å². The Labute approximate surface area is 123 Å². The lowest BCUT2D eigenvalue weighted by Crippen LogP contribution is -2.03. The Morgan fingerprint density at radius 3 is 2.81 bits per heavy atom. The number of carbonyl (C=O) groups excluding carboxylic acids is 1. The van der Waals surface area contributed by atoms with E-state index in [1.54, 1.807) is 18.6 Å². The molecule has 0 bridgehead atoms. The minimum Gasteiger partial charge on any atom is -0.345 e. The van der Waals surface area contributed by atoms with Crippen molar-refractivity contribution >= 4 is 16.8 Å². The lowest BCUT2D eigenvalue weighted by Gasteiger charge is -2.05.